The van der Waals surface area contributed by atoms with E-state index in [0.717, 1.165) is 10.8 Å². The van der Waals surface area contributed by atoms with Crippen LogP contribution in [0.5, 0.6) is 0 Å². The van der Waals surface area contributed by atoms with E-state index in [1.807, 2.05) is 6.92 Å². The molecular formula is C20H16O4. The fraction of sp³-hybridized carbons (Fsp3) is 0.100. The van der Waals surface area contributed by atoms with Gasteiger partial charge in [-0.05, 0) is 48.0 Å². The van der Waals surface area contributed by atoms with Crippen molar-refractivity contribution in [2.45, 2.75) is 6.92 Å². The van der Waals surface area contributed by atoms with E-state index in [1.54, 1.807) is 42.5 Å². The maximum absolute atomic E-state index is 12.7. The molecule has 0 amide bonds. The van der Waals surface area contributed by atoms with Gasteiger partial charge >= 0.3 is 5.97 Å². The van der Waals surface area contributed by atoms with Crippen molar-refractivity contribution < 1.29 is 13.9 Å². The van der Waals surface area contributed by atoms with Crippen molar-refractivity contribution in [1.29, 1.82) is 0 Å². The highest BCUT2D eigenvalue weighted by molar-refractivity contribution is 6.00. The Labute approximate surface area is 138 Å². The summed E-state index contributed by atoms with van der Waals surface area (Å²) < 4.78 is 10.6. The first-order valence-corrected chi connectivity index (χ1v) is 7.47. The van der Waals surface area contributed by atoms with E-state index in [1.165, 1.54) is 13.2 Å². The Kier molecular flexibility index (Phi) is 4.04. The number of hydrogen-bond acceptors (Lipinski definition) is 4. The first kappa shape index (κ1) is 15.7. The molecule has 1 aromatic heterocycles. The molecule has 0 radical (unpaired) electrons. The number of benzene rings is 2. The van der Waals surface area contributed by atoms with E-state index < -0.39 is 5.97 Å². The predicted molar refractivity (Wildman–Crippen MR) is 96.1 cm³/mol. The molecule has 0 aliphatic heterocycles. The SMILES string of the molecule is C=Cc1c(/C=C\C)oc2cc3cc(C(=O)OC)ccc3cc2c1=O. The van der Waals surface area contributed by atoms with Gasteiger partial charge in [0, 0.05) is 0 Å². The number of carbonyl (C=O) groups excluding carboxylic acids is 1. The molecule has 0 N–H and O–H groups in total. The van der Waals surface area contributed by atoms with Crippen molar-refractivity contribution in [2.24, 2.45) is 0 Å². The minimum Gasteiger partial charge on any atom is -0.465 e. The fourth-order valence-electron chi connectivity index (χ4n) is 2.68. The third kappa shape index (κ3) is 2.52. The van der Waals surface area contributed by atoms with E-state index in [9.17, 15) is 9.59 Å². The van der Waals surface area contributed by atoms with Gasteiger partial charge in [0.25, 0.3) is 0 Å². The second-order valence-corrected chi connectivity index (χ2v) is 5.32. The third-order valence-electron chi connectivity index (χ3n) is 3.86. The number of fused-ring (bicyclic) bond motifs is 2. The maximum atomic E-state index is 12.7. The van der Waals surface area contributed by atoms with E-state index >= 15 is 0 Å². The number of methoxy groups -OCH3 is 1. The molecule has 0 unspecified atom stereocenters. The Hall–Kier alpha value is -3.14. The first-order valence-electron chi connectivity index (χ1n) is 7.47. The first-order chi connectivity index (χ1) is 11.6. The predicted octanol–water partition coefficient (Wildman–Crippen LogP) is 4.41. The molecule has 24 heavy (non-hydrogen) atoms. The summed E-state index contributed by atoms with van der Waals surface area (Å²) in [5.74, 6) is 0.0588. The molecule has 2 aromatic carbocycles. The number of ether oxygens (including phenoxy) is 1. The molecule has 0 saturated carbocycles. The molecule has 0 aliphatic carbocycles. The number of rotatable bonds is 3. The number of carbonyl (C=O) groups is 1. The average molecular weight is 320 g/mol. The van der Waals surface area contributed by atoms with E-state index in [-0.39, 0.29) is 5.43 Å². The van der Waals surface area contributed by atoms with Gasteiger partial charge in [-0.1, -0.05) is 24.8 Å². The van der Waals surface area contributed by atoms with Crippen molar-refractivity contribution in [1.82, 2.24) is 0 Å². The molecule has 3 aromatic rings. The molecule has 4 nitrogen and oxygen atoms in total. The zero-order valence-corrected chi connectivity index (χ0v) is 13.5. The van der Waals surface area contributed by atoms with E-state index in [4.69, 9.17) is 9.15 Å². The molecule has 1 heterocycles. The minimum absolute atomic E-state index is 0.127. The Morgan fingerprint density at radius 2 is 2.00 bits per heavy atom. The molecular weight excluding hydrogens is 304 g/mol. The van der Waals surface area contributed by atoms with Crippen molar-refractivity contribution in [3.63, 3.8) is 0 Å². The van der Waals surface area contributed by atoms with Crippen molar-refractivity contribution in [2.75, 3.05) is 7.11 Å². The van der Waals surface area contributed by atoms with Gasteiger partial charge in [0.1, 0.15) is 11.3 Å². The van der Waals surface area contributed by atoms with Crippen LogP contribution in [0.3, 0.4) is 0 Å². The molecule has 3 rings (SSSR count). The normalized spacial score (nSPS) is 11.2. The number of esters is 1. The van der Waals surface area contributed by atoms with Crippen molar-refractivity contribution in [3.05, 3.63) is 70.1 Å². The van der Waals surface area contributed by atoms with Crippen LogP contribution < -0.4 is 5.43 Å². The zero-order chi connectivity index (χ0) is 17.3. The van der Waals surface area contributed by atoms with Gasteiger partial charge in [-0.15, -0.1) is 0 Å². The molecule has 4 heteroatoms. The van der Waals surface area contributed by atoms with Crippen LogP contribution >= 0.6 is 0 Å². The molecule has 0 aliphatic rings. The van der Waals surface area contributed by atoms with Crippen LogP contribution in [0.4, 0.5) is 0 Å². The summed E-state index contributed by atoms with van der Waals surface area (Å²) in [5.41, 5.74) is 1.22. The zero-order valence-electron chi connectivity index (χ0n) is 13.5. The summed E-state index contributed by atoms with van der Waals surface area (Å²) >= 11 is 0. The quantitative estimate of drug-likeness (QED) is 0.530. The van der Waals surface area contributed by atoms with Crippen LogP contribution in [0.25, 0.3) is 33.9 Å². The molecule has 0 fully saturated rings. The fourth-order valence-corrected chi connectivity index (χ4v) is 2.68. The summed E-state index contributed by atoms with van der Waals surface area (Å²) in [6.45, 7) is 5.55. The smallest absolute Gasteiger partial charge is 0.337 e. The highest BCUT2D eigenvalue weighted by Gasteiger charge is 2.12. The molecule has 0 atom stereocenters. The summed E-state index contributed by atoms with van der Waals surface area (Å²) in [4.78, 5) is 24.4. The van der Waals surface area contributed by atoms with Crippen LogP contribution in [0, 0.1) is 0 Å². The lowest BCUT2D eigenvalue weighted by Gasteiger charge is -2.07. The Balaban J connectivity index is 2.36. The van der Waals surface area contributed by atoms with Gasteiger partial charge in [-0.2, -0.15) is 0 Å². The highest BCUT2D eigenvalue weighted by Crippen LogP contribution is 2.25. The number of allylic oxidation sites excluding steroid dienone is 1. The van der Waals surface area contributed by atoms with Gasteiger partial charge < -0.3 is 9.15 Å². The van der Waals surface area contributed by atoms with Gasteiger partial charge in [0.2, 0.25) is 5.43 Å². The van der Waals surface area contributed by atoms with Crippen molar-refractivity contribution >= 4 is 39.9 Å². The maximum Gasteiger partial charge on any atom is 0.337 e. The van der Waals surface area contributed by atoms with Gasteiger partial charge in [0.05, 0.1) is 23.6 Å². The average Bonchev–Trinajstić information content (AvgIpc) is 2.60. The second-order valence-electron chi connectivity index (χ2n) is 5.32. The van der Waals surface area contributed by atoms with Crippen molar-refractivity contribution in [3.8, 4) is 0 Å². The van der Waals surface area contributed by atoms with Crippen LogP contribution in [0.1, 0.15) is 28.6 Å². The lowest BCUT2D eigenvalue weighted by molar-refractivity contribution is 0.0601. The van der Waals surface area contributed by atoms with Gasteiger partial charge in [-0.25, -0.2) is 4.79 Å². The largest absolute Gasteiger partial charge is 0.465 e. The summed E-state index contributed by atoms with van der Waals surface area (Å²) in [6, 6.07) is 8.71. The number of hydrogen-bond donors (Lipinski definition) is 0. The van der Waals surface area contributed by atoms with Crippen LogP contribution in [-0.2, 0) is 4.74 Å². The monoisotopic (exact) mass is 320 g/mol. The van der Waals surface area contributed by atoms with E-state index in [2.05, 4.69) is 6.58 Å². The van der Waals surface area contributed by atoms with Crippen LogP contribution in [0.15, 0.2) is 52.2 Å². The van der Waals surface area contributed by atoms with Gasteiger partial charge in [-0.3, -0.25) is 4.79 Å². The summed E-state index contributed by atoms with van der Waals surface area (Å²) in [7, 11) is 1.34. The Morgan fingerprint density at radius 1 is 1.21 bits per heavy atom. The second kappa shape index (κ2) is 6.16. The standard InChI is InChI=1S/C20H16O4/c1-4-6-17-15(5-2)19(21)16-10-12-7-8-13(20(22)23-3)9-14(12)11-18(16)24-17/h4-11H,2H2,1,3H3/b6-4-. The third-order valence-corrected chi connectivity index (χ3v) is 3.86. The van der Waals surface area contributed by atoms with Gasteiger partial charge in [0.15, 0.2) is 0 Å². The highest BCUT2D eigenvalue weighted by atomic mass is 16.5. The molecule has 0 saturated heterocycles. The van der Waals surface area contributed by atoms with Crippen LogP contribution in [-0.4, -0.2) is 13.1 Å². The minimum atomic E-state index is -0.407. The Morgan fingerprint density at radius 3 is 2.67 bits per heavy atom. The lowest BCUT2D eigenvalue weighted by Crippen LogP contribution is -2.07. The lowest BCUT2D eigenvalue weighted by atomic mass is 10.0. The summed E-state index contributed by atoms with van der Waals surface area (Å²) in [6.07, 6.45) is 5.03. The molecule has 0 spiro atoms. The topological polar surface area (TPSA) is 56.5 Å². The molecule has 0 bridgehead atoms. The summed E-state index contributed by atoms with van der Waals surface area (Å²) in [5, 5.41) is 2.12. The molecule has 120 valence electrons. The Bertz CT molecular complexity index is 1050. The van der Waals surface area contributed by atoms with Crippen LogP contribution in [0.2, 0.25) is 0 Å². The van der Waals surface area contributed by atoms with E-state index in [0.29, 0.717) is 27.9 Å².